The number of primary sulfonamides is 1. The van der Waals surface area contributed by atoms with Gasteiger partial charge in [0.05, 0.1) is 7.11 Å². The lowest BCUT2D eigenvalue weighted by molar-refractivity contribution is 0.338. The Balaban J connectivity index is 2.03. The number of hydrogen-bond donors (Lipinski definition) is 2. The van der Waals surface area contributed by atoms with E-state index in [0.717, 1.165) is 31.5 Å². The fourth-order valence-corrected chi connectivity index (χ4v) is 3.37. The van der Waals surface area contributed by atoms with Gasteiger partial charge in [-0.25, -0.2) is 13.6 Å². The summed E-state index contributed by atoms with van der Waals surface area (Å²) < 4.78 is 28.2. The monoisotopic (exact) mass is 340 g/mol. The summed E-state index contributed by atoms with van der Waals surface area (Å²) in [5.74, 6) is 0.803. The molecule has 0 spiro atoms. The van der Waals surface area contributed by atoms with Gasteiger partial charge in [-0.15, -0.1) is 0 Å². The molecule has 1 aliphatic heterocycles. The van der Waals surface area contributed by atoms with Gasteiger partial charge in [0.15, 0.2) is 5.96 Å². The molecule has 8 heteroatoms. The Kier molecular flexibility index (Phi) is 5.84. The minimum atomic E-state index is -3.82. The normalized spacial score (nSPS) is 16.4. The topological polar surface area (TPSA) is 111 Å². The summed E-state index contributed by atoms with van der Waals surface area (Å²) in [6.07, 6.45) is 4.12. The molecule has 0 atom stereocenters. The van der Waals surface area contributed by atoms with Crippen molar-refractivity contribution < 1.29 is 13.2 Å². The third kappa shape index (κ3) is 4.84. The first-order valence-corrected chi connectivity index (χ1v) is 9.21. The van der Waals surface area contributed by atoms with Crippen molar-refractivity contribution in [3.63, 3.8) is 0 Å². The van der Waals surface area contributed by atoms with Crippen LogP contribution in [0, 0.1) is 0 Å². The van der Waals surface area contributed by atoms with E-state index in [1.165, 1.54) is 19.6 Å². The Morgan fingerprint density at radius 2 is 2.00 bits per heavy atom. The van der Waals surface area contributed by atoms with Crippen LogP contribution < -0.4 is 15.6 Å². The molecule has 0 saturated carbocycles. The van der Waals surface area contributed by atoms with E-state index in [1.54, 1.807) is 12.1 Å². The molecule has 0 amide bonds. The lowest BCUT2D eigenvalue weighted by atomic mass is 10.1. The van der Waals surface area contributed by atoms with Crippen molar-refractivity contribution in [3.05, 3.63) is 23.8 Å². The van der Waals surface area contributed by atoms with Crippen molar-refractivity contribution in [2.45, 2.75) is 30.6 Å². The third-order valence-electron chi connectivity index (χ3n) is 3.89. The highest BCUT2D eigenvalue weighted by Crippen LogP contribution is 2.23. The zero-order chi connectivity index (χ0) is 16.9. The largest absolute Gasteiger partial charge is 0.495 e. The zero-order valence-electron chi connectivity index (χ0n) is 13.4. The van der Waals surface area contributed by atoms with Crippen LogP contribution in [0.15, 0.2) is 28.1 Å². The Labute approximate surface area is 137 Å². The van der Waals surface area contributed by atoms with Crippen molar-refractivity contribution >= 4 is 16.0 Å². The average Bonchev–Trinajstić information content (AvgIpc) is 2.54. The second-order valence-electron chi connectivity index (χ2n) is 5.57. The molecule has 0 aromatic heterocycles. The predicted octanol–water partition coefficient (Wildman–Crippen LogP) is 0.686. The van der Waals surface area contributed by atoms with Gasteiger partial charge in [-0.05, 0) is 43.4 Å². The first-order valence-electron chi connectivity index (χ1n) is 7.66. The highest BCUT2D eigenvalue weighted by atomic mass is 32.2. The van der Waals surface area contributed by atoms with E-state index in [9.17, 15) is 8.42 Å². The maximum Gasteiger partial charge on any atom is 0.241 e. The van der Waals surface area contributed by atoms with Crippen LogP contribution in [0.2, 0.25) is 0 Å². The Morgan fingerprint density at radius 1 is 1.30 bits per heavy atom. The van der Waals surface area contributed by atoms with Gasteiger partial charge in [-0.3, -0.25) is 4.99 Å². The lowest BCUT2D eigenvalue weighted by Crippen LogP contribution is -2.41. The van der Waals surface area contributed by atoms with E-state index in [-0.39, 0.29) is 10.6 Å². The van der Waals surface area contributed by atoms with E-state index in [2.05, 4.69) is 9.89 Å². The van der Waals surface area contributed by atoms with E-state index in [4.69, 9.17) is 15.6 Å². The molecular formula is C15H24N4O3S. The Bertz CT molecular complexity index is 667. The van der Waals surface area contributed by atoms with Gasteiger partial charge >= 0.3 is 0 Å². The van der Waals surface area contributed by atoms with Crippen molar-refractivity contribution in [2.75, 3.05) is 26.7 Å². The van der Waals surface area contributed by atoms with Crippen molar-refractivity contribution in [1.82, 2.24) is 4.90 Å². The van der Waals surface area contributed by atoms with Crippen LogP contribution in [-0.2, 0) is 16.4 Å². The maximum atomic E-state index is 11.6. The molecular weight excluding hydrogens is 316 g/mol. The van der Waals surface area contributed by atoms with Gasteiger partial charge < -0.3 is 15.4 Å². The second kappa shape index (κ2) is 7.65. The van der Waals surface area contributed by atoms with E-state index in [0.29, 0.717) is 18.9 Å². The molecule has 4 N–H and O–H groups in total. The molecule has 1 fully saturated rings. The molecule has 2 rings (SSSR count). The second-order valence-corrected chi connectivity index (χ2v) is 7.10. The summed E-state index contributed by atoms with van der Waals surface area (Å²) in [5.41, 5.74) is 6.82. The summed E-state index contributed by atoms with van der Waals surface area (Å²) in [6, 6.07) is 4.94. The molecule has 1 aliphatic rings. The van der Waals surface area contributed by atoms with Gasteiger partial charge in [-0.1, -0.05) is 6.07 Å². The number of benzene rings is 1. The number of piperidine rings is 1. The van der Waals surface area contributed by atoms with Gasteiger partial charge in [0, 0.05) is 19.6 Å². The van der Waals surface area contributed by atoms with Gasteiger partial charge in [-0.2, -0.15) is 0 Å². The van der Waals surface area contributed by atoms with Crippen LogP contribution in [0.4, 0.5) is 0 Å². The van der Waals surface area contributed by atoms with Gasteiger partial charge in [0.25, 0.3) is 0 Å². The molecule has 1 aromatic carbocycles. The van der Waals surface area contributed by atoms with Crippen LogP contribution >= 0.6 is 0 Å². The van der Waals surface area contributed by atoms with Crippen LogP contribution in [0.3, 0.4) is 0 Å². The zero-order valence-corrected chi connectivity index (χ0v) is 14.2. The molecule has 7 nitrogen and oxygen atoms in total. The summed E-state index contributed by atoms with van der Waals surface area (Å²) in [4.78, 5) is 6.47. The highest BCUT2D eigenvalue weighted by Gasteiger charge is 2.15. The highest BCUT2D eigenvalue weighted by molar-refractivity contribution is 7.89. The molecule has 1 saturated heterocycles. The maximum absolute atomic E-state index is 11.6. The number of rotatable bonds is 5. The standard InChI is InChI=1S/C15H24N4O3S/c1-22-13-6-5-12(11-14(13)23(17,20)21)7-8-18-15(16)19-9-3-2-4-10-19/h5-6,11H,2-4,7-10H2,1H3,(H2,16,18)(H2,17,20,21). The number of nitrogens with two attached hydrogens (primary N) is 2. The predicted molar refractivity (Wildman–Crippen MR) is 90.0 cm³/mol. The summed E-state index contributed by atoms with van der Waals surface area (Å²) in [6.45, 7) is 2.40. The van der Waals surface area contributed by atoms with Crippen LogP contribution in [0.1, 0.15) is 24.8 Å². The fourth-order valence-electron chi connectivity index (χ4n) is 2.62. The van der Waals surface area contributed by atoms with Gasteiger partial charge in [0.2, 0.25) is 10.0 Å². The number of methoxy groups -OCH3 is 1. The minimum Gasteiger partial charge on any atom is -0.495 e. The molecule has 128 valence electrons. The number of hydrogen-bond acceptors (Lipinski definition) is 4. The van der Waals surface area contributed by atoms with Gasteiger partial charge in [0.1, 0.15) is 10.6 Å². The van der Waals surface area contributed by atoms with Crippen molar-refractivity contribution in [3.8, 4) is 5.75 Å². The van der Waals surface area contributed by atoms with Crippen LogP contribution in [0.5, 0.6) is 5.75 Å². The molecule has 1 aromatic rings. The lowest BCUT2D eigenvalue weighted by Gasteiger charge is -2.27. The average molecular weight is 340 g/mol. The van der Waals surface area contributed by atoms with Crippen molar-refractivity contribution in [1.29, 1.82) is 0 Å². The summed E-state index contributed by atoms with van der Waals surface area (Å²) in [7, 11) is -2.41. The van der Waals surface area contributed by atoms with E-state index >= 15 is 0 Å². The smallest absolute Gasteiger partial charge is 0.241 e. The molecule has 0 aliphatic carbocycles. The van der Waals surface area contributed by atoms with Crippen LogP contribution in [0.25, 0.3) is 0 Å². The molecule has 0 unspecified atom stereocenters. The fraction of sp³-hybridized carbons (Fsp3) is 0.533. The number of guanidine groups is 1. The van der Waals surface area contributed by atoms with E-state index in [1.807, 2.05) is 0 Å². The molecule has 1 heterocycles. The Hall–Kier alpha value is -1.80. The first kappa shape index (κ1) is 17.6. The molecule has 0 radical (unpaired) electrons. The summed E-state index contributed by atoms with van der Waals surface area (Å²) in [5, 5.41) is 5.21. The molecule has 0 bridgehead atoms. The number of nitrogens with zero attached hydrogens (tertiary/aromatic N) is 2. The minimum absolute atomic E-state index is 0.00881. The van der Waals surface area contributed by atoms with Crippen LogP contribution in [-0.4, -0.2) is 46.0 Å². The first-order chi connectivity index (χ1) is 10.9. The number of likely N-dealkylation sites (tertiary alicyclic amines) is 1. The third-order valence-corrected chi connectivity index (χ3v) is 4.82. The van der Waals surface area contributed by atoms with Crippen molar-refractivity contribution in [2.24, 2.45) is 15.9 Å². The van der Waals surface area contributed by atoms with E-state index < -0.39 is 10.0 Å². The number of sulfonamides is 1. The Morgan fingerprint density at radius 3 is 2.61 bits per heavy atom. The quantitative estimate of drug-likeness (QED) is 0.605. The number of ether oxygens (including phenoxy) is 1. The number of aliphatic imine (C=N–C) groups is 1. The SMILES string of the molecule is COc1ccc(CCN=C(N)N2CCCCC2)cc1S(N)(=O)=O. The molecule has 23 heavy (non-hydrogen) atoms. The summed E-state index contributed by atoms with van der Waals surface area (Å²) >= 11 is 0.